The summed E-state index contributed by atoms with van der Waals surface area (Å²) in [5, 5.41) is 3.33. The zero-order valence-electron chi connectivity index (χ0n) is 9.38. The first-order valence-corrected chi connectivity index (χ1v) is 5.58. The molecule has 0 saturated heterocycles. The van der Waals surface area contributed by atoms with Gasteiger partial charge >= 0.3 is 0 Å². The molecule has 1 aliphatic rings. The highest BCUT2D eigenvalue weighted by atomic mass is 15.0. The molecular weight excluding hydrogens is 188 g/mol. The molecule has 82 valence electrons. The highest BCUT2D eigenvalue weighted by Crippen LogP contribution is 2.30. The van der Waals surface area contributed by atoms with Gasteiger partial charge in [-0.3, -0.25) is 0 Å². The SMILES string of the molecule is CCc1nc(N)nc2c1C(NC)CCC2. The van der Waals surface area contributed by atoms with Gasteiger partial charge in [-0.05, 0) is 32.7 Å². The van der Waals surface area contributed by atoms with E-state index >= 15 is 0 Å². The third kappa shape index (κ3) is 1.81. The van der Waals surface area contributed by atoms with E-state index < -0.39 is 0 Å². The molecule has 1 heterocycles. The molecular formula is C11H18N4. The summed E-state index contributed by atoms with van der Waals surface area (Å²) >= 11 is 0. The molecule has 0 radical (unpaired) electrons. The van der Waals surface area contributed by atoms with Crippen LogP contribution in [0.4, 0.5) is 5.95 Å². The normalized spacial score (nSPS) is 20.0. The fourth-order valence-electron chi connectivity index (χ4n) is 2.36. The fraction of sp³-hybridized carbons (Fsp3) is 0.636. The molecule has 1 aromatic rings. The molecule has 15 heavy (non-hydrogen) atoms. The van der Waals surface area contributed by atoms with Crippen molar-refractivity contribution >= 4 is 5.95 Å². The van der Waals surface area contributed by atoms with E-state index in [0.717, 1.165) is 24.2 Å². The molecule has 1 aromatic heterocycles. The van der Waals surface area contributed by atoms with Crippen molar-refractivity contribution in [3.05, 3.63) is 17.0 Å². The number of rotatable bonds is 2. The Labute approximate surface area is 90.3 Å². The van der Waals surface area contributed by atoms with Crippen molar-refractivity contribution < 1.29 is 0 Å². The van der Waals surface area contributed by atoms with E-state index in [1.807, 2.05) is 7.05 Å². The first-order valence-electron chi connectivity index (χ1n) is 5.58. The van der Waals surface area contributed by atoms with E-state index in [-0.39, 0.29) is 0 Å². The molecule has 0 saturated carbocycles. The number of fused-ring (bicyclic) bond motifs is 1. The van der Waals surface area contributed by atoms with Gasteiger partial charge in [-0.25, -0.2) is 9.97 Å². The minimum absolute atomic E-state index is 0.407. The molecule has 0 aromatic carbocycles. The summed E-state index contributed by atoms with van der Waals surface area (Å²) in [6, 6.07) is 0.407. The molecule has 0 amide bonds. The highest BCUT2D eigenvalue weighted by Gasteiger charge is 2.23. The van der Waals surface area contributed by atoms with Crippen molar-refractivity contribution in [2.24, 2.45) is 0 Å². The lowest BCUT2D eigenvalue weighted by Crippen LogP contribution is -2.25. The van der Waals surface area contributed by atoms with E-state index in [9.17, 15) is 0 Å². The van der Waals surface area contributed by atoms with Crippen LogP contribution < -0.4 is 11.1 Å². The minimum Gasteiger partial charge on any atom is -0.368 e. The molecule has 0 fully saturated rings. The summed E-state index contributed by atoms with van der Waals surface area (Å²) in [4.78, 5) is 8.68. The van der Waals surface area contributed by atoms with Crippen LogP contribution in [0.15, 0.2) is 0 Å². The van der Waals surface area contributed by atoms with Crippen molar-refractivity contribution in [3.63, 3.8) is 0 Å². The standard InChI is InChI=1S/C11H18N4/c1-3-7-10-8(13-2)5-4-6-9(10)15-11(12)14-7/h8,13H,3-6H2,1-2H3,(H2,12,14,15). The van der Waals surface area contributed by atoms with Gasteiger partial charge in [0.15, 0.2) is 0 Å². The van der Waals surface area contributed by atoms with Gasteiger partial charge in [0.25, 0.3) is 0 Å². The second-order valence-electron chi connectivity index (χ2n) is 3.98. The Balaban J connectivity index is 2.52. The van der Waals surface area contributed by atoms with Crippen LogP contribution in [-0.2, 0) is 12.8 Å². The van der Waals surface area contributed by atoms with Crippen molar-refractivity contribution in [1.82, 2.24) is 15.3 Å². The maximum Gasteiger partial charge on any atom is 0.220 e. The Morgan fingerprint density at radius 3 is 2.93 bits per heavy atom. The molecule has 0 spiro atoms. The second-order valence-corrected chi connectivity index (χ2v) is 3.98. The fourth-order valence-corrected chi connectivity index (χ4v) is 2.36. The van der Waals surface area contributed by atoms with Crippen LogP contribution in [0.25, 0.3) is 0 Å². The van der Waals surface area contributed by atoms with Gasteiger partial charge in [-0.1, -0.05) is 6.92 Å². The summed E-state index contributed by atoms with van der Waals surface area (Å²) < 4.78 is 0. The van der Waals surface area contributed by atoms with Crippen LogP contribution in [0, 0.1) is 0 Å². The number of nitrogen functional groups attached to an aromatic ring is 1. The topological polar surface area (TPSA) is 63.8 Å². The zero-order chi connectivity index (χ0) is 10.8. The molecule has 4 heteroatoms. The number of nitrogens with zero attached hydrogens (tertiary/aromatic N) is 2. The lowest BCUT2D eigenvalue weighted by Gasteiger charge is -2.26. The van der Waals surface area contributed by atoms with Crippen LogP contribution in [-0.4, -0.2) is 17.0 Å². The van der Waals surface area contributed by atoms with Crippen molar-refractivity contribution in [1.29, 1.82) is 0 Å². The summed E-state index contributed by atoms with van der Waals surface area (Å²) in [5.74, 6) is 0.419. The van der Waals surface area contributed by atoms with Crippen LogP contribution in [0.3, 0.4) is 0 Å². The molecule has 1 aliphatic carbocycles. The van der Waals surface area contributed by atoms with E-state index in [4.69, 9.17) is 5.73 Å². The predicted octanol–water partition coefficient (Wildman–Crippen LogP) is 1.22. The molecule has 3 N–H and O–H groups in total. The van der Waals surface area contributed by atoms with Crippen molar-refractivity contribution in [2.45, 2.75) is 38.6 Å². The number of nitrogens with one attached hydrogen (secondary N) is 1. The number of aromatic nitrogens is 2. The number of aryl methyl sites for hydroxylation is 2. The smallest absolute Gasteiger partial charge is 0.220 e. The third-order valence-corrected chi connectivity index (χ3v) is 3.06. The number of anilines is 1. The van der Waals surface area contributed by atoms with Gasteiger partial charge in [-0.2, -0.15) is 0 Å². The second kappa shape index (κ2) is 4.14. The predicted molar refractivity (Wildman–Crippen MR) is 60.6 cm³/mol. The Morgan fingerprint density at radius 2 is 2.27 bits per heavy atom. The minimum atomic E-state index is 0.407. The number of hydrogen-bond donors (Lipinski definition) is 2. The third-order valence-electron chi connectivity index (χ3n) is 3.06. The highest BCUT2D eigenvalue weighted by molar-refractivity contribution is 5.36. The van der Waals surface area contributed by atoms with Crippen LogP contribution in [0.5, 0.6) is 0 Å². The molecule has 0 bridgehead atoms. The lowest BCUT2D eigenvalue weighted by atomic mass is 9.89. The van der Waals surface area contributed by atoms with E-state index in [1.54, 1.807) is 0 Å². The van der Waals surface area contributed by atoms with Crippen LogP contribution >= 0.6 is 0 Å². The molecule has 1 unspecified atom stereocenters. The molecule has 0 aliphatic heterocycles. The van der Waals surface area contributed by atoms with Crippen LogP contribution in [0.2, 0.25) is 0 Å². The first kappa shape index (κ1) is 10.4. The van der Waals surface area contributed by atoms with Gasteiger partial charge in [0.1, 0.15) is 0 Å². The maximum absolute atomic E-state index is 5.70. The number of nitrogens with two attached hydrogens (primary N) is 1. The first-order chi connectivity index (χ1) is 7.26. The van der Waals surface area contributed by atoms with Crippen molar-refractivity contribution in [3.8, 4) is 0 Å². The average Bonchev–Trinajstić information content (AvgIpc) is 2.26. The Bertz CT molecular complexity index is 345. The summed E-state index contributed by atoms with van der Waals surface area (Å²) in [6.45, 7) is 2.11. The van der Waals surface area contributed by atoms with Gasteiger partial charge in [0.2, 0.25) is 5.95 Å². The summed E-state index contributed by atoms with van der Waals surface area (Å²) in [5.41, 5.74) is 9.25. The van der Waals surface area contributed by atoms with Gasteiger partial charge in [0.05, 0.1) is 11.4 Å². The van der Waals surface area contributed by atoms with Gasteiger partial charge in [-0.15, -0.1) is 0 Å². The van der Waals surface area contributed by atoms with Crippen LogP contribution in [0.1, 0.15) is 42.8 Å². The van der Waals surface area contributed by atoms with E-state index in [0.29, 0.717) is 12.0 Å². The van der Waals surface area contributed by atoms with E-state index in [2.05, 4.69) is 22.2 Å². The molecule has 1 atom stereocenters. The molecule has 2 rings (SSSR count). The lowest BCUT2D eigenvalue weighted by molar-refractivity contribution is 0.483. The van der Waals surface area contributed by atoms with Gasteiger partial charge in [0, 0.05) is 11.6 Å². The van der Waals surface area contributed by atoms with Gasteiger partial charge < -0.3 is 11.1 Å². The monoisotopic (exact) mass is 206 g/mol. The average molecular weight is 206 g/mol. The Kier molecular flexibility index (Phi) is 2.86. The Morgan fingerprint density at radius 1 is 1.47 bits per heavy atom. The van der Waals surface area contributed by atoms with E-state index in [1.165, 1.54) is 18.4 Å². The zero-order valence-corrected chi connectivity index (χ0v) is 9.38. The Hall–Kier alpha value is -1.16. The van der Waals surface area contributed by atoms with Crippen molar-refractivity contribution in [2.75, 3.05) is 12.8 Å². The maximum atomic E-state index is 5.70. The quantitative estimate of drug-likeness (QED) is 0.763. The number of hydrogen-bond acceptors (Lipinski definition) is 4. The largest absolute Gasteiger partial charge is 0.368 e. The summed E-state index contributed by atoms with van der Waals surface area (Å²) in [6.07, 6.45) is 4.31. The molecule has 4 nitrogen and oxygen atoms in total. The summed E-state index contributed by atoms with van der Waals surface area (Å²) in [7, 11) is 2.00.